The van der Waals surface area contributed by atoms with Crippen LogP contribution >= 0.6 is 0 Å². The topological polar surface area (TPSA) is 111 Å². The molecule has 0 saturated carbocycles. The Hall–Kier alpha value is -4.66. The fourth-order valence-electron chi connectivity index (χ4n) is 5.24. The van der Waals surface area contributed by atoms with Gasteiger partial charge in [0.2, 0.25) is 11.7 Å². The number of rotatable bonds is 10. The maximum Gasteiger partial charge on any atom is 0.303 e. The molecule has 0 saturated heterocycles. The minimum Gasteiger partial charge on any atom is -0.481 e. The number of aryl methyl sites for hydroxylation is 1. The Kier molecular flexibility index (Phi) is 8.33. The van der Waals surface area contributed by atoms with E-state index in [9.17, 15) is 14.0 Å². The second-order valence-corrected chi connectivity index (χ2v) is 10.3. The summed E-state index contributed by atoms with van der Waals surface area (Å²) in [5.41, 5.74) is 3.95. The highest BCUT2D eigenvalue weighted by atomic mass is 19.1. The Morgan fingerprint density at radius 1 is 1.20 bits per heavy atom. The highest BCUT2D eigenvalue weighted by Crippen LogP contribution is 2.36. The van der Waals surface area contributed by atoms with E-state index in [0.29, 0.717) is 59.0 Å². The lowest BCUT2D eigenvalue weighted by molar-refractivity contribution is -0.137. The predicted molar refractivity (Wildman–Crippen MR) is 154 cm³/mol. The minimum atomic E-state index is -0.874. The monoisotopic (exact) mass is 554 g/mol. The van der Waals surface area contributed by atoms with Crippen LogP contribution in [0.15, 0.2) is 87.7 Å². The van der Waals surface area contributed by atoms with E-state index in [1.165, 1.54) is 40.0 Å². The van der Waals surface area contributed by atoms with Crippen LogP contribution in [0.1, 0.15) is 63.1 Å². The van der Waals surface area contributed by atoms with Crippen LogP contribution in [0.3, 0.4) is 0 Å². The maximum atomic E-state index is 13.6. The molecule has 0 bridgehead atoms. The molecule has 2 aromatic carbocycles. The van der Waals surface area contributed by atoms with Crippen LogP contribution in [0.25, 0.3) is 28.0 Å². The molecule has 0 spiro atoms. The first-order chi connectivity index (χ1) is 19.8. The zero-order valence-electron chi connectivity index (χ0n) is 22.8. The summed E-state index contributed by atoms with van der Waals surface area (Å²) in [7, 11) is 0. The molecular weight excluding hydrogens is 523 g/mol. The Morgan fingerprint density at radius 3 is 2.73 bits per heavy atom. The predicted octanol–water partition coefficient (Wildman–Crippen LogP) is 6.70. The van der Waals surface area contributed by atoms with Crippen molar-refractivity contribution in [2.75, 3.05) is 0 Å². The average molecular weight is 555 g/mol. The third kappa shape index (κ3) is 6.24. The SMILES string of the molecule is C=C/C=C\C1=C(C)CC(c2nc(-c3ccc4c(=O)n(-c5ccc(F)cc5)c(CCCCC(=O)O)nc4c3)no2)CC1. The Morgan fingerprint density at radius 2 is 2.00 bits per heavy atom. The summed E-state index contributed by atoms with van der Waals surface area (Å²) in [6.07, 6.45) is 9.88. The van der Waals surface area contributed by atoms with Gasteiger partial charge in [0.05, 0.1) is 16.6 Å². The van der Waals surface area contributed by atoms with E-state index in [4.69, 9.17) is 19.6 Å². The Bertz CT molecular complexity index is 1720. The van der Waals surface area contributed by atoms with Crippen molar-refractivity contribution >= 4 is 16.9 Å². The van der Waals surface area contributed by atoms with Gasteiger partial charge >= 0.3 is 5.97 Å². The normalized spacial score (nSPS) is 15.6. The number of benzene rings is 2. The summed E-state index contributed by atoms with van der Waals surface area (Å²) in [6.45, 7) is 5.86. The summed E-state index contributed by atoms with van der Waals surface area (Å²) in [5, 5.41) is 13.6. The standard InChI is InChI=1S/C32H31FN4O4/c1-3-4-7-21-10-11-23(18-20(21)2)31-35-30(36-41-31)22-12-17-26-27(19-22)34-28(8-5-6-9-29(38)39)37(32(26)40)25-15-13-24(33)14-16-25/h3-4,7,12-17,19,23H,1,5-6,8-11,18H2,2H3,(H,38,39)/b7-4-. The lowest BCUT2D eigenvalue weighted by Gasteiger charge is -2.21. The number of carboxylic acids is 1. The minimum absolute atomic E-state index is 0.0296. The van der Waals surface area contributed by atoms with Crippen LogP contribution in [0.4, 0.5) is 4.39 Å². The molecule has 0 radical (unpaired) electrons. The number of fused-ring (bicyclic) bond motifs is 1. The van der Waals surface area contributed by atoms with Crippen molar-refractivity contribution in [3.63, 3.8) is 0 Å². The van der Waals surface area contributed by atoms with E-state index >= 15 is 0 Å². The fraction of sp³-hybridized carbons (Fsp3) is 0.281. The third-order valence-electron chi connectivity index (χ3n) is 7.41. The highest BCUT2D eigenvalue weighted by molar-refractivity contribution is 5.82. The van der Waals surface area contributed by atoms with E-state index in [1.54, 1.807) is 24.3 Å². The van der Waals surface area contributed by atoms with Crippen molar-refractivity contribution in [3.8, 4) is 17.1 Å². The van der Waals surface area contributed by atoms with E-state index < -0.39 is 11.8 Å². The molecule has 1 unspecified atom stereocenters. The van der Waals surface area contributed by atoms with Gasteiger partial charge in [0, 0.05) is 24.3 Å². The molecule has 9 heteroatoms. The van der Waals surface area contributed by atoms with Gasteiger partial charge < -0.3 is 9.63 Å². The van der Waals surface area contributed by atoms with Gasteiger partial charge in [0.15, 0.2) is 0 Å². The second kappa shape index (κ2) is 12.2. The lowest BCUT2D eigenvalue weighted by atomic mass is 9.84. The van der Waals surface area contributed by atoms with Crippen LogP contribution in [0, 0.1) is 5.82 Å². The average Bonchev–Trinajstić information content (AvgIpc) is 3.46. The van der Waals surface area contributed by atoms with Crippen molar-refractivity contribution in [3.05, 3.63) is 106 Å². The molecule has 41 heavy (non-hydrogen) atoms. The molecule has 2 heterocycles. The first-order valence-corrected chi connectivity index (χ1v) is 13.7. The molecule has 210 valence electrons. The first-order valence-electron chi connectivity index (χ1n) is 13.7. The number of hydrogen-bond donors (Lipinski definition) is 1. The molecule has 1 aliphatic carbocycles. The van der Waals surface area contributed by atoms with Crippen molar-refractivity contribution in [1.29, 1.82) is 0 Å². The third-order valence-corrected chi connectivity index (χ3v) is 7.41. The van der Waals surface area contributed by atoms with Gasteiger partial charge in [-0.05, 0) is 81.0 Å². The number of nitrogens with zero attached hydrogens (tertiary/aromatic N) is 4. The molecule has 8 nitrogen and oxygen atoms in total. The summed E-state index contributed by atoms with van der Waals surface area (Å²) >= 11 is 0. The number of aliphatic carboxylic acids is 1. The summed E-state index contributed by atoms with van der Waals surface area (Å²) in [4.78, 5) is 34.1. The number of carboxylic acid groups (broad SMARTS) is 1. The maximum absolute atomic E-state index is 13.6. The number of halogens is 1. The second-order valence-electron chi connectivity index (χ2n) is 10.3. The molecule has 4 aromatic rings. The van der Waals surface area contributed by atoms with Gasteiger partial charge in [-0.2, -0.15) is 4.98 Å². The Balaban J connectivity index is 1.47. The smallest absolute Gasteiger partial charge is 0.303 e. The summed E-state index contributed by atoms with van der Waals surface area (Å²) < 4.78 is 20.7. The zero-order valence-corrected chi connectivity index (χ0v) is 22.8. The molecule has 5 rings (SSSR count). The molecule has 1 N–H and O–H groups in total. The van der Waals surface area contributed by atoms with Gasteiger partial charge in [-0.3, -0.25) is 14.2 Å². The largest absolute Gasteiger partial charge is 0.481 e. The van der Waals surface area contributed by atoms with Crippen LogP contribution in [-0.4, -0.2) is 30.8 Å². The van der Waals surface area contributed by atoms with Crippen molar-refractivity contribution in [2.24, 2.45) is 0 Å². The van der Waals surface area contributed by atoms with E-state index in [2.05, 4.69) is 24.7 Å². The molecule has 0 amide bonds. The quantitative estimate of drug-likeness (QED) is 0.172. The Labute approximate surface area is 236 Å². The van der Waals surface area contributed by atoms with Crippen LogP contribution in [0.2, 0.25) is 0 Å². The van der Waals surface area contributed by atoms with E-state index in [1.807, 2.05) is 6.08 Å². The molecule has 1 aliphatic rings. The molecule has 1 atom stereocenters. The molecule has 0 aliphatic heterocycles. The lowest BCUT2D eigenvalue weighted by Crippen LogP contribution is -2.24. The van der Waals surface area contributed by atoms with Gasteiger partial charge in [0.1, 0.15) is 11.6 Å². The number of allylic oxidation sites excluding steroid dienone is 5. The number of hydrogen-bond acceptors (Lipinski definition) is 6. The number of carbonyl (C=O) groups is 1. The molecular formula is C32H31FN4O4. The highest BCUT2D eigenvalue weighted by Gasteiger charge is 2.25. The van der Waals surface area contributed by atoms with E-state index in [-0.39, 0.29) is 17.9 Å². The van der Waals surface area contributed by atoms with Crippen LogP contribution < -0.4 is 5.56 Å². The summed E-state index contributed by atoms with van der Waals surface area (Å²) in [5.74, 6) is 0.332. The van der Waals surface area contributed by atoms with Crippen molar-refractivity contribution in [1.82, 2.24) is 19.7 Å². The fourth-order valence-corrected chi connectivity index (χ4v) is 5.24. The number of unbranched alkanes of at least 4 members (excludes halogenated alkanes) is 1. The van der Waals surface area contributed by atoms with Crippen molar-refractivity contribution < 1.29 is 18.8 Å². The van der Waals surface area contributed by atoms with Crippen LogP contribution in [0.5, 0.6) is 0 Å². The van der Waals surface area contributed by atoms with E-state index in [0.717, 1.165) is 19.3 Å². The van der Waals surface area contributed by atoms with Gasteiger partial charge in [-0.25, -0.2) is 9.37 Å². The molecule has 0 fully saturated rings. The van der Waals surface area contributed by atoms with Gasteiger partial charge in [-0.15, -0.1) is 0 Å². The molecule has 2 aromatic heterocycles. The number of aromatic nitrogens is 4. The summed E-state index contributed by atoms with van der Waals surface area (Å²) in [6, 6.07) is 10.9. The van der Waals surface area contributed by atoms with Crippen molar-refractivity contribution in [2.45, 2.75) is 57.8 Å². The first kappa shape index (κ1) is 27.9. The van der Waals surface area contributed by atoms with Crippen LogP contribution in [-0.2, 0) is 11.2 Å². The van der Waals surface area contributed by atoms with Gasteiger partial charge in [-0.1, -0.05) is 41.6 Å². The van der Waals surface area contributed by atoms with Gasteiger partial charge in [0.25, 0.3) is 5.56 Å². The zero-order chi connectivity index (χ0) is 28.9.